The second kappa shape index (κ2) is 8.92. The van der Waals surface area contributed by atoms with E-state index in [1.54, 1.807) is 6.07 Å². The number of nitrogens with zero attached hydrogens (tertiary/aromatic N) is 2. The molecule has 1 N–H and O–H groups in total. The van der Waals surface area contributed by atoms with Crippen LogP contribution in [-0.2, 0) is 0 Å². The predicted octanol–water partition coefficient (Wildman–Crippen LogP) is 3.02. The Morgan fingerprint density at radius 1 is 0.962 bits per heavy atom. The van der Waals surface area contributed by atoms with Gasteiger partial charge in [0.05, 0.1) is 0 Å². The maximum atomic E-state index is 13.4. The van der Waals surface area contributed by atoms with E-state index in [1.807, 2.05) is 35.2 Å². The van der Waals surface area contributed by atoms with Gasteiger partial charge >= 0.3 is 0 Å². The van der Waals surface area contributed by atoms with Crippen LogP contribution in [0.25, 0.3) is 11.1 Å². The van der Waals surface area contributed by atoms with Crippen LogP contribution < -0.4 is 0 Å². The van der Waals surface area contributed by atoms with Gasteiger partial charge in [-0.1, -0.05) is 24.3 Å². The quantitative estimate of drug-likeness (QED) is 0.809. The molecule has 0 atom stereocenters. The predicted molar refractivity (Wildman–Crippen MR) is 100 cm³/mol. The summed E-state index contributed by atoms with van der Waals surface area (Å²) < 4.78 is 13.4. The van der Waals surface area contributed by atoms with Gasteiger partial charge in [0, 0.05) is 38.3 Å². The highest BCUT2D eigenvalue weighted by Crippen LogP contribution is 2.21. The number of hydrogen-bond donors (Lipinski definition) is 1. The summed E-state index contributed by atoms with van der Waals surface area (Å²) in [6, 6.07) is 13.8. The van der Waals surface area contributed by atoms with Gasteiger partial charge in [0.15, 0.2) is 0 Å². The van der Waals surface area contributed by atoms with E-state index >= 15 is 0 Å². The van der Waals surface area contributed by atoms with E-state index in [9.17, 15) is 9.18 Å². The zero-order chi connectivity index (χ0) is 18.4. The van der Waals surface area contributed by atoms with Gasteiger partial charge in [0.25, 0.3) is 5.91 Å². The minimum Gasteiger partial charge on any atom is -0.396 e. The van der Waals surface area contributed by atoms with Crippen LogP contribution >= 0.6 is 0 Å². The number of halogens is 1. The molecule has 138 valence electrons. The van der Waals surface area contributed by atoms with Crippen LogP contribution in [0.3, 0.4) is 0 Å². The lowest BCUT2D eigenvalue weighted by atomic mass is 10.0. The van der Waals surface area contributed by atoms with Crippen molar-refractivity contribution < 1.29 is 14.3 Å². The van der Waals surface area contributed by atoms with Crippen LogP contribution in [0.15, 0.2) is 48.5 Å². The van der Waals surface area contributed by atoms with Crippen molar-refractivity contribution >= 4 is 5.91 Å². The van der Waals surface area contributed by atoms with Crippen molar-refractivity contribution in [2.45, 2.75) is 12.8 Å². The minimum absolute atomic E-state index is 0.0470. The van der Waals surface area contributed by atoms with Gasteiger partial charge in [0.1, 0.15) is 5.82 Å². The highest BCUT2D eigenvalue weighted by atomic mass is 19.1. The molecule has 0 aromatic heterocycles. The number of unbranched alkanes of at least 4 members (excludes halogenated alkanes) is 1. The monoisotopic (exact) mass is 356 g/mol. The Balaban J connectivity index is 1.57. The summed E-state index contributed by atoms with van der Waals surface area (Å²) >= 11 is 0. The number of piperazine rings is 1. The van der Waals surface area contributed by atoms with Crippen molar-refractivity contribution in [1.82, 2.24) is 9.80 Å². The summed E-state index contributed by atoms with van der Waals surface area (Å²) in [5.41, 5.74) is 2.37. The van der Waals surface area contributed by atoms with Crippen LogP contribution in [0.5, 0.6) is 0 Å². The normalized spacial score (nSPS) is 15.2. The first-order chi connectivity index (χ1) is 12.7. The molecular formula is C21H25FN2O2. The smallest absolute Gasteiger partial charge is 0.253 e. The van der Waals surface area contributed by atoms with Gasteiger partial charge < -0.3 is 10.0 Å². The van der Waals surface area contributed by atoms with E-state index in [-0.39, 0.29) is 18.3 Å². The van der Waals surface area contributed by atoms with E-state index < -0.39 is 0 Å². The van der Waals surface area contributed by atoms with Crippen molar-refractivity contribution in [2.75, 3.05) is 39.3 Å². The number of benzene rings is 2. The number of amides is 1. The van der Waals surface area contributed by atoms with Crippen LogP contribution in [0.4, 0.5) is 4.39 Å². The lowest BCUT2D eigenvalue weighted by molar-refractivity contribution is 0.0634. The van der Waals surface area contributed by atoms with E-state index in [4.69, 9.17) is 5.11 Å². The third-order valence-electron chi connectivity index (χ3n) is 4.83. The largest absolute Gasteiger partial charge is 0.396 e. The number of hydrogen-bond acceptors (Lipinski definition) is 3. The summed E-state index contributed by atoms with van der Waals surface area (Å²) in [7, 11) is 0. The molecular weight excluding hydrogens is 331 g/mol. The topological polar surface area (TPSA) is 43.8 Å². The van der Waals surface area contributed by atoms with Gasteiger partial charge in [-0.15, -0.1) is 0 Å². The zero-order valence-corrected chi connectivity index (χ0v) is 14.9. The fraction of sp³-hybridized carbons (Fsp3) is 0.381. The van der Waals surface area contributed by atoms with Crippen LogP contribution in [0, 0.1) is 5.82 Å². The molecule has 0 spiro atoms. The number of carbonyl (C=O) groups is 1. The summed E-state index contributed by atoms with van der Waals surface area (Å²) in [4.78, 5) is 16.9. The van der Waals surface area contributed by atoms with E-state index in [0.717, 1.165) is 56.7 Å². The molecule has 3 rings (SSSR count). The Morgan fingerprint density at radius 2 is 1.69 bits per heavy atom. The lowest BCUT2D eigenvalue weighted by Gasteiger charge is -2.34. The molecule has 1 aliphatic heterocycles. The Hall–Kier alpha value is -2.24. The summed E-state index contributed by atoms with van der Waals surface area (Å²) in [5, 5.41) is 8.85. The third kappa shape index (κ3) is 4.68. The molecule has 4 nitrogen and oxygen atoms in total. The second-order valence-electron chi connectivity index (χ2n) is 6.65. The zero-order valence-electron chi connectivity index (χ0n) is 14.9. The summed E-state index contributed by atoms with van der Waals surface area (Å²) in [6.45, 7) is 4.42. The van der Waals surface area contributed by atoms with Crippen LogP contribution in [0.2, 0.25) is 0 Å². The molecule has 1 saturated heterocycles. The van der Waals surface area contributed by atoms with Gasteiger partial charge in [-0.05, 0) is 54.8 Å². The molecule has 0 bridgehead atoms. The molecule has 0 aliphatic carbocycles. The summed E-state index contributed by atoms with van der Waals surface area (Å²) in [6.07, 6.45) is 1.82. The SMILES string of the molecule is O=C(c1ccc(-c2cccc(F)c2)cc1)N1CCN(CCCCO)CC1. The molecule has 0 unspecified atom stereocenters. The Morgan fingerprint density at radius 3 is 2.35 bits per heavy atom. The maximum absolute atomic E-state index is 13.4. The van der Waals surface area contributed by atoms with Crippen LogP contribution in [-0.4, -0.2) is 60.1 Å². The number of aliphatic hydroxyl groups excluding tert-OH is 1. The molecule has 2 aromatic carbocycles. The fourth-order valence-corrected chi connectivity index (χ4v) is 3.28. The Kier molecular flexibility index (Phi) is 6.36. The van der Waals surface area contributed by atoms with Crippen molar-refractivity contribution in [3.05, 3.63) is 59.9 Å². The van der Waals surface area contributed by atoms with Gasteiger partial charge in [-0.2, -0.15) is 0 Å². The van der Waals surface area contributed by atoms with Crippen molar-refractivity contribution in [1.29, 1.82) is 0 Å². The molecule has 1 aliphatic rings. The summed E-state index contributed by atoms with van der Waals surface area (Å²) in [5.74, 6) is -0.217. The van der Waals surface area contributed by atoms with Crippen LogP contribution in [0.1, 0.15) is 23.2 Å². The van der Waals surface area contributed by atoms with Crippen molar-refractivity contribution in [3.63, 3.8) is 0 Å². The average Bonchev–Trinajstić information content (AvgIpc) is 2.68. The van der Waals surface area contributed by atoms with E-state index in [1.165, 1.54) is 12.1 Å². The lowest BCUT2D eigenvalue weighted by Crippen LogP contribution is -2.48. The number of rotatable bonds is 6. The molecule has 0 radical (unpaired) electrons. The minimum atomic E-state index is -0.264. The van der Waals surface area contributed by atoms with Crippen molar-refractivity contribution in [3.8, 4) is 11.1 Å². The van der Waals surface area contributed by atoms with Crippen molar-refractivity contribution in [2.24, 2.45) is 0 Å². The first-order valence-electron chi connectivity index (χ1n) is 9.16. The Bertz CT molecular complexity index is 725. The molecule has 0 saturated carbocycles. The van der Waals surface area contributed by atoms with E-state index in [0.29, 0.717) is 5.56 Å². The standard InChI is InChI=1S/C21H25FN2O2/c22-20-5-3-4-19(16-20)17-6-8-18(9-7-17)21(26)24-13-11-23(12-14-24)10-1-2-15-25/h3-9,16,25H,1-2,10-15H2. The molecule has 26 heavy (non-hydrogen) atoms. The molecule has 1 fully saturated rings. The highest BCUT2D eigenvalue weighted by Gasteiger charge is 2.21. The first kappa shape index (κ1) is 18.5. The molecule has 2 aromatic rings. The average molecular weight is 356 g/mol. The second-order valence-corrected chi connectivity index (χ2v) is 6.65. The third-order valence-corrected chi connectivity index (χ3v) is 4.83. The van der Waals surface area contributed by atoms with E-state index in [2.05, 4.69) is 4.90 Å². The maximum Gasteiger partial charge on any atom is 0.253 e. The van der Waals surface area contributed by atoms with Gasteiger partial charge in [-0.3, -0.25) is 9.69 Å². The molecule has 1 heterocycles. The number of aliphatic hydroxyl groups is 1. The Labute approximate surface area is 153 Å². The first-order valence-corrected chi connectivity index (χ1v) is 9.16. The van der Waals surface area contributed by atoms with Gasteiger partial charge in [-0.25, -0.2) is 4.39 Å². The molecule has 1 amide bonds. The van der Waals surface area contributed by atoms with Gasteiger partial charge in [0.2, 0.25) is 0 Å². The fourth-order valence-electron chi connectivity index (χ4n) is 3.28. The molecule has 5 heteroatoms. The number of carbonyl (C=O) groups excluding carboxylic acids is 1. The highest BCUT2D eigenvalue weighted by molar-refractivity contribution is 5.94.